The first kappa shape index (κ1) is 15.4. The van der Waals surface area contributed by atoms with Gasteiger partial charge in [0.2, 0.25) is 0 Å². The molecule has 1 aromatic heterocycles. The highest BCUT2D eigenvalue weighted by Gasteiger charge is 2.35. The van der Waals surface area contributed by atoms with E-state index in [1.54, 1.807) is 6.33 Å². The van der Waals surface area contributed by atoms with Crippen LogP contribution in [0.2, 0.25) is 0 Å². The first-order valence-electron chi connectivity index (χ1n) is 7.75. The molecule has 114 valence electrons. The molecular formula is C15H28N4O. The molecule has 0 aliphatic heterocycles. The summed E-state index contributed by atoms with van der Waals surface area (Å²) in [6, 6.07) is 0. The van der Waals surface area contributed by atoms with Gasteiger partial charge in [0.15, 0.2) is 5.82 Å². The number of nitrogens with zero attached hydrogens (tertiary/aromatic N) is 3. The van der Waals surface area contributed by atoms with Crippen LogP contribution in [0.5, 0.6) is 0 Å². The van der Waals surface area contributed by atoms with Gasteiger partial charge in [-0.2, -0.15) is 5.10 Å². The molecule has 2 unspecified atom stereocenters. The lowest BCUT2D eigenvalue weighted by Crippen LogP contribution is -2.44. The van der Waals surface area contributed by atoms with E-state index in [2.05, 4.69) is 30.9 Å². The van der Waals surface area contributed by atoms with Crippen LogP contribution in [-0.2, 0) is 17.9 Å². The van der Waals surface area contributed by atoms with Gasteiger partial charge >= 0.3 is 0 Å². The van der Waals surface area contributed by atoms with Crippen molar-refractivity contribution in [1.29, 1.82) is 0 Å². The van der Waals surface area contributed by atoms with Crippen LogP contribution in [0.15, 0.2) is 6.33 Å². The van der Waals surface area contributed by atoms with E-state index < -0.39 is 0 Å². The molecule has 0 bridgehead atoms. The summed E-state index contributed by atoms with van der Waals surface area (Å²) in [4.78, 5) is 4.32. The number of hydrogen-bond acceptors (Lipinski definition) is 4. The lowest BCUT2D eigenvalue weighted by molar-refractivity contribution is -0.0871. The normalized spacial score (nSPS) is 27.1. The van der Waals surface area contributed by atoms with E-state index in [-0.39, 0.29) is 5.60 Å². The standard InChI is InChI=1S/C15H28N4O/c1-12(2)8-19-14(17-11-18-19)9-20-15(10-16)6-4-5-13(3)7-15/h11-13H,4-10,16H2,1-3H3. The summed E-state index contributed by atoms with van der Waals surface area (Å²) in [6.07, 6.45) is 6.22. The Morgan fingerprint density at radius 2 is 2.35 bits per heavy atom. The maximum absolute atomic E-state index is 6.21. The fourth-order valence-electron chi connectivity index (χ4n) is 3.10. The maximum Gasteiger partial charge on any atom is 0.152 e. The number of nitrogens with two attached hydrogens (primary N) is 1. The molecular weight excluding hydrogens is 252 g/mol. The van der Waals surface area contributed by atoms with Crippen molar-refractivity contribution in [3.63, 3.8) is 0 Å². The minimum absolute atomic E-state index is 0.160. The van der Waals surface area contributed by atoms with Gasteiger partial charge < -0.3 is 10.5 Å². The Morgan fingerprint density at radius 3 is 3.00 bits per heavy atom. The van der Waals surface area contributed by atoms with E-state index in [0.29, 0.717) is 25.0 Å². The Bertz CT molecular complexity index is 418. The fourth-order valence-corrected chi connectivity index (χ4v) is 3.10. The van der Waals surface area contributed by atoms with Crippen molar-refractivity contribution in [1.82, 2.24) is 14.8 Å². The fraction of sp³-hybridized carbons (Fsp3) is 0.867. The van der Waals surface area contributed by atoms with Crippen LogP contribution in [0.4, 0.5) is 0 Å². The van der Waals surface area contributed by atoms with E-state index in [1.165, 1.54) is 12.8 Å². The average molecular weight is 280 g/mol. The topological polar surface area (TPSA) is 66.0 Å². The second kappa shape index (κ2) is 6.68. The molecule has 1 aliphatic carbocycles. The molecule has 2 N–H and O–H groups in total. The summed E-state index contributed by atoms with van der Waals surface area (Å²) in [7, 11) is 0. The Morgan fingerprint density at radius 1 is 1.55 bits per heavy atom. The zero-order valence-electron chi connectivity index (χ0n) is 13.0. The van der Waals surface area contributed by atoms with Gasteiger partial charge in [-0.25, -0.2) is 9.67 Å². The van der Waals surface area contributed by atoms with E-state index in [4.69, 9.17) is 10.5 Å². The summed E-state index contributed by atoms with van der Waals surface area (Å²) in [5.74, 6) is 2.15. The Kier molecular flexibility index (Phi) is 5.16. The Hall–Kier alpha value is -0.940. The molecule has 1 saturated carbocycles. The highest BCUT2D eigenvalue weighted by molar-refractivity contribution is 4.90. The SMILES string of the molecule is CC(C)Cn1ncnc1COC1(CN)CCCC(C)C1. The van der Waals surface area contributed by atoms with Gasteiger partial charge in [0.05, 0.1) is 5.60 Å². The van der Waals surface area contributed by atoms with Crippen molar-refractivity contribution in [2.75, 3.05) is 6.54 Å². The molecule has 1 fully saturated rings. The molecule has 1 aliphatic rings. The van der Waals surface area contributed by atoms with Crippen LogP contribution < -0.4 is 5.73 Å². The van der Waals surface area contributed by atoms with E-state index in [1.807, 2.05) is 4.68 Å². The van der Waals surface area contributed by atoms with Crippen molar-refractivity contribution in [2.45, 2.75) is 65.2 Å². The van der Waals surface area contributed by atoms with Gasteiger partial charge in [-0.05, 0) is 24.7 Å². The van der Waals surface area contributed by atoms with Gasteiger partial charge in [-0.15, -0.1) is 0 Å². The summed E-state index contributed by atoms with van der Waals surface area (Å²) in [5, 5.41) is 4.28. The average Bonchev–Trinajstić information content (AvgIpc) is 2.83. The molecule has 1 aromatic rings. The van der Waals surface area contributed by atoms with E-state index >= 15 is 0 Å². The molecule has 0 saturated heterocycles. The lowest BCUT2D eigenvalue weighted by Gasteiger charge is -2.39. The number of ether oxygens (including phenoxy) is 1. The first-order valence-corrected chi connectivity index (χ1v) is 7.75. The highest BCUT2D eigenvalue weighted by atomic mass is 16.5. The van der Waals surface area contributed by atoms with Crippen LogP contribution in [-0.4, -0.2) is 26.9 Å². The zero-order chi connectivity index (χ0) is 14.6. The van der Waals surface area contributed by atoms with Crippen molar-refractivity contribution >= 4 is 0 Å². The molecule has 0 spiro atoms. The maximum atomic E-state index is 6.21. The zero-order valence-corrected chi connectivity index (χ0v) is 13.0. The molecule has 0 aromatic carbocycles. The third kappa shape index (κ3) is 3.79. The third-order valence-electron chi connectivity index (χ3n) is 4.16. The van der Waals surface area contributed by atoms with Crippen molar-refractivity contribution in [3.05, 3.63) is 12.2 Å². The highest BCUT2D eigenvalue weighted by Crippen LogP contribution is 2.35. The minimum atomic E-state index is -0.160. The van der Waals surface area contributed by atoms with Crippen LogP contribution in [0.25, 0.3) is 0 Å². The van der Waals surface area contributed by atoms with Crippen LogP contribution in [0, 0.1) is 11.8 Å². The molecule has 5 nitrogen and oxygen atoms in total. The predicted molar refractivity (Wildman–Crippen MR) is 79.1 cm³/mol. The number of hydrogen-bond donors (Lipinski definition) is 1. The molecule has 2 atom stereocenters. The Balaban J connectivity index is 1.98. The molecule has 0 radical (unpaired) electrons. The largest absolute Gasteiger partial charge is 0.366 e. The molecule has 0 amide bonds. The summed E-state index contributed by atoms with van der Waals surface area (Å²) in [5.41, 5.74) is 5.83. The third-order valence-corrected chi connectivity index (χ3v) is 4.16. The van der Waals surface area contributed by atoms with Crippen molar-refractivity contribution in [2.24, 2.45) is 17.6 Å². The second-order valence-corrected chi connectivity index (χ2v) is 6.63. The van der Waals surface area contributed by atoms with E-state index in [0.717, 1.165) is 25.2 Å². The van der Waals surface area contributed by atoms with Gasteiger partial charge in [0.25, 0.3) is 0 Å². The molecule has 5 heteroatoms. The molecule has 20 heavy (non-hydrogen) atoms. The Labute approximate surface area is 121 Å². The first-order chi connectivity index (χ1) is 9.54. The monoisotopic (exact) mass is 280 g/mol. The summed E-state index contributed by atoms with van der Waals surface area (Å²) >= 11 is 0. The van der Waals surface area contributed by atoms with Crippen LogP contribution in [0.1, 0.15) is 52.3 Å². The quantitative estimate of drug-likeness (QED) is 0.868. The minimum Gasteiger partial charge on any atom is -0.366 e. The molecule has 2 rings (SSSR count). The number of rotatable bonds is 6. The summed E-state index contributed by atoms with van der Waals surface area (Å²) in [6.45, 7) is 8.62. The number of aromatic nitrogens is 3. The molecule has 1 heterocycles. The van der Waals surface area contributed by atoms with E-state index in [9.17, 15) is 0 Å². The van der Waals surface area contributed by atoms with Gasteiger partial charge in [-0.1, -0.05) is 33.6 Å². The van der Waals surface area contributed by atoms with Gasteiger partial charge in [0.1, 0.15) is 12.9 Å². The van der Waals surface area contributed by atoms with Crippen LogP contribution in [0.3, 0.4) is 0 Å². The smallest absolute Gasteiger partial charge is 0.152 e. The summed E-state index contributed by atoms with van der Waals surface area (Å²) < 4.78 is 8.15. The van der Waals surface area contributed by atoms with Crippen LogP contribution >= 0.6 is 0 Å². The lowest BCUT2D eigenvalue weighted by atomic mass is 9.79. The second-order valence-electron chi connectivity index (χ2n) is 6.63. The van der Waals surface area contributed by atoms with Crippen molar-refractivity contribution in [3.8, 4) is 0 Å². The van der Waals surface area contributed by atoms with Crippen molar-refractivity contribution < 1.29 is 4.74 Å². The van der Waals surface area contributed by atoms with Gasteiger partial charge in [-0.3, -0.25) is 0 Å². The van der Waals surface area contributed by atoms with Gasteiger partial charge in [0, 0.05) is 13.1 Å². The predicted octanol–water partition coefficient (Wildman–Crippen LogP) is 2.36.